The molecule has 1 aliphatic heterocycles. The Balaban J connectivity index is 2.95. The Hall–Kier alpha value is -0.550. The molecule has 1 heterocycles. The summed E-state index contributed by atoms with van der Waals surface area (Å²) in [6.07, 6.45) is 0.932. The molecule has 0 aliphatic carbocycles. The lowest BCUT2D eigenvalue weighted by atomic mass is 9.86. The van der Waals surface area contributed by atoms with Gasteiger partial charge in [0.15, 0.2) is 11.3 Å². The number of carbonyl (C=O) groups excluding carboxylic acids is 1. The van der Waals surface area contributed by atoms with Gasteiger partial charge in [-0.05, 0) is 12.8 Å². The normalized spacial score (nSPS) is 32.1. The fourth-order valence-electron chi connectivity index (χ4n) is 1.74. The van der Waals surface area contributed by atoms with Gasteiger partial charge in [-0.25, -0.2) is 4.79 Å². The SMILES string of the molecule is CC(C)C(=O)[C@@]1(C(=O)O)CCC(S)N1. The molecule has 4 nitrogen and oxygen atoms in total. The van der Waals surface area contributed by atoms with Crippen LogP contribution in [-0.2, 0) is 9.59 Å². The number of hydrogen-bond acceptors (Lipinski definition) is 4. The van der Waals surface area contributed by atoms with Crippen LogP contribution in [0.1, 0.15) is 26.7 Å². The van der Waals surface area contributed by atoms with Gasteiger partial charge in [0.2, 0.25) is 0 Å². The van der Waals surface area contributed by atoms with E-state index in [0.29, 0.717) is 12.8 Å². The zero-order chi connectivity index (χ0) is 10.9. The van der Waals surface area contributed by atoms with Crippen molar-refractivity contribution in [3.63, 3.8) is 0 Å². The third kappa shape index (κ3) is 1.79. The molecule has 1 saturated heterocycles. The van der Waals surface area contributed by atoms with Crippen LogP contribution < -0.4 is 5.32 Å². The lowest BCUT2D eigenvalue weighted by Crippen LogP contribution is -2.56. The highest BCUT2D eigenvalue weighted by Gasteiger charge is 2.50. The molecular formula is C9H15NO3S. The van der Waals surface area contributed by atoms with Crippen molar-refractivity contribution in [1.29, 1.82) is 0 Å². The number of nitrogens with one attached hydrogen (secondary N) is 1. The van der Waals surface area contributed by atoms with Crippen molar-refractivity contribution in [2.75, 3.05) is 0 Å². The molecule has 0 saturated carbocycles. The largest absolute Gasteiger partial charge is 0.480 e. The van der Waals surface area contributed by atoms with E-state index < -0.39 is 11.5 Å². The van der Waals surface area contributed by atoms with Crippen LogP contribution in [0.5, 0.6) is 0 Å². The summed E-state index contributed by atoms with van der Waals surface area (Å²) in [5.41, 5.74) is -1.40. The Bertz CT molecular complexity index is 267. The van der Waals surface area contributed by atoms with E-state index in [2.05, 4.69) is 17.9 Å². The molecule has 1 unspecified atom stereocenters. The first-order chi connectivity index (χ1) is 6.40. The molecule has 2 N–H and O–H groups in total. The van der Waals surface area contributed by atoms with Gasteiger partial charge in [0, 0.05) is 5.92 Å². The van der Waals surface area contributed by atoms with E-state index in [0.717, 1.165) is 0 Å². The number of ketones is 1. The lowest BCUT2D eigenvalue weighted by molar-refractivity contribution is -0.150. The number of carboxylic acid groups (broad SMARTS) is 1. The molecule has 2 atom stereocenters. The number of aliphatic carboxylic acids is 1. The first kappa shape index (κ1) is 11.5. The number of carboxylic acids is 1. The predicted octanol–water partition coefficient (Wildman–Crippen LogP) is 0.674. The van der Waals surface area contributed by atoms with Gasteiger partial charge in [0.05, 0.1) is 5.37 Å². The molecule has 0 amide bonds. The third-order valence-corrected chi connectivity index (χ3v) is 2.90. The molecule has 0 bridgehead atoms. The van der Waals surface area contributed by atoms with E-state index in [1.54, 1.807) is 13.8 Å². The van der Waals surface area contributed by atoms with Crippen molar-refractivity contribution < 1.29 is 14.7 Å². The zero-order valence-electron chi connectivity index (χ0n) is 8.28. The van der Waals surface area contributed by atoms with E-state index in [1.165, 1.54) is 0 Å². The summed E-state index contributed by atoms with van der Waals surface area (Å²) in [6, 6.07) is 0. The van der Waals surface area contributed by atoms with Crippen LogP contribution in [0.25, 0.3) is 0 Å². The molecule has 1 fully saturated rings. The maximum atomic E-state index is 11.8. The number of hydrogen-bond donors (Lipinski definition) is 3. The van der Waals surface area contributed by atoms with Gasteiger partial charge in [-0.15, -0.1) is 0 Å². The molecule has 14 heavy (non-hydrogen) atoms. The van der Waals surface area contributed by atoms with Crippen molar-refractivity contribution in [2.45, 2.75) is 37.6 Å². The Labute approximate surface area is 88.5 Å². The molecule has 0 aromatic heterocycles. The quantitative estimate of drug-likeness (QED) is 0.480. The Kier molecular flexibility index (Phi) is 3.21. The number of Topliss-reactive ketones (excluding diaryl/α,β-unsaturated/α-hetero) is 1. The van der Waals surface area contributed by atoms with Gasteiger partial charge in [-0.3, -0.25) is 10.1 Å². The smallest absolute Gasteiger partial charge is 0.331 e. The average molecular weight is 217 g/mol. The topological polar surface area (TPSA) is 66.4 Å². The van der Waals surface area contributed by atoms with Gasteiger partial charge < -0.3 is 5.11 Å². The minimum atomic E-state index is -1.40. The summed E-state index contributed by atoms with van der Waals surface area (Å²) < 4.78 is 0. The Morgan fingerprint density at radius 2 is 2.14 bits per heavy atom. The highest BCUT2D eigenvalue weighted by atomic mass is 32.1. The van der Waals surface area contributed by atoms with Gasteiger partial charge in [-0.1, -0.05) is 13.8 Å². The summed E-state index contributed by atoms with van der Waals surface area (Å²) in [5, 5.41) is 11.6. The summed E-state index contributed by atoms with van der Waals surface area (Å²) in [4.78, 5) is 22.9. The highest BCUT2D eigenvalue weighted by Crippen LogP contribution is 2.28. The fourth-order valence-corrected chi connectivity index (χ4v) is 2.09. The minimum Gasteiger partial charge on any atom is -0.480 e. The average Bonchev–Trinajstić information content (AvgIpc) is 2.47. The predicted molar refractivity (Wildman–Crippen MR) is 55.4 cm³/mol. The number of carbonyl (C=O) groups is 2. The Morgan fingerprint density at radius 1 is 1.57 bits per heavy atom. The van der Waals surface area contributed by atoms with Crippen LogP contribution in [0.15, 0.2) is 0 Å². The monoisotopic (exact) mass is 217 g/mol. The molecule has 0 spiro atoms. The van der Waals surface area contributed by atoms with Gasteiger partial charge in [-0.2, -0.15) is 12.6 Å². The van der Waals surface area contributed by atoms with Crippen LogP contribution in [0.4, 0.5) is 0 Å². The molecule has 1 aliphatic rings. The van der Waals surface area contributed by atoms with Gasteiger partial charge in [0.25, 0.3) is 0 Å². The van der Waals surface area contributed by atoms with Gasteiger partial charge >= 0.3 is 5.97 Å². The molecule has 1 rings (SSSR count). The van der Waals surface area contributed by atoms with Crippen molar-refractivity contribution in [2.24, 2.45) is 5.92 Å². The van der Waals surface area contributed by atoms with Crippen LogP contribution >= 0.6 is 12.6 Å². The summed E-state index contributed by atoms with van der Waals surface area (Å²) in [7, 11) is 0. The first-order valence-electron chi connectivity index (χ1n) is 4.63. The van der Waals surface area contributed by atoms with E-state index in [4.69, 9.17) is 5.11 Å². The third-order valence-electron chi connectivity index (χ3n) is 2.52. The van der Waals surface area contributed by atoms with Gasteiger partial charge in [0.1, 0.15) is 0 Å². The van der Waals surface area contributed by atoms with Crippen molar-refractivity contribution in [3.8, 4) is 0 Å². The van der Waals surface area contributed by atoms with E-state index in [1.807, 2.05) is 0 Å². The maximum absolute atomic E-state index is 11.8. The van der Waals surface area contributed by atoms with Crippen LogP contribution in [0, 0.1) is 5.92 Å². The fraction of sp³-hybridized carbons (Fsp3) is 0.778. The summed E-state index contributed by atoms with van der Waals surface area (Å²) in [5.74, 6) is -1.63. The number of thiol groups is 1. The van der Waals surface area contributed by atoms with Crippen molar-refractivity contribution in [3.05, 3.63) is 0 Å². The maximum Gasteiger partial charge on any atom is 0.331 e. The first-order valence-corrected chi connectivity index (χ1v) is 5.15. The second-order valence-corrected chi connectivity index (χ2v) is 4.55. The second-order valence-electron chi connectivity index (χ2n) is 3.93. The molecule has 5 heteroatoms. The van der Waals surface area contributed by atoms with Crippen LogP contribution in [-0.4, -0.2) is 27.8 Å². The second kappa shape index (κ2) is 3.90. The summed E-state index contributed by atoms with van der Waals surface area (Å²) >= 11 is 4.14. The van der Waals surface area contributed by atoms with Crippen molar-refractivity contribution in [1.82, 2.24) is 5.32 Å². The van der Waals surface area contributed by atoms with E-state index in [9.17, 15) is 9.59 Å². The highest BCUT2D eigenvalue weighted by molar-refractivity contribution is 7.80. The van der Waals surface area contributed by atoms with E-state index >= 15 is 0 Å². The minimum absolute atomic E-state index is 0.200. The Morgan fingerprint density at radius 3 is 2.43 bits per heavy atom. The van der Waals surface area contributed by atoms with Crippen molar-refractivity contribution >= 4 is 24.4 Å². The lowest BCUT2D eigenvalue weighted by Gasteiger charge is -2.25. The van der Waals surface area contributed by atoms with Crippen LogP contribution in [0.2, 0.25) is 0 Å². The molecule has 80 valence electrons. The zero-order valence-corrected chi connectivity index (χ0v) is 9.17. The molecule has 0 aromatic rings. The standard InChI is InChI=1S/C9H15NO3S/c1-5(2)7(11)9(8(12)13)4-3-6(14)10-9/h5-6,10,14H,3-4H2,1-2H3,(H,12,13)/t6?,9-/m1/s1. The molecule has 0 aromatic carbocycles. The van der Waals surface area contributed by atoms with Crippen LogP contribution in [0.3, 0.4) is 0 Å². The number of rotatable bonds is 3. The molecular weight excluding hydrogens is 202 g/mol. The van der Waals surface area contributed by atoms with E-state index in [-0.39, 0.29) is 17.1 Å². The summed E-state index contributed by atoms with van der Waals surface area (Å²) in [6.45, 7) is 3.42. The molecule has 0 radical (unpaired) electrons.